The van der Waals surface area contributed by atoms with E-state index in [1.807, 2.05) is 13.0 Å². The maximum absolute atomic E-state index is 5.81. The van der Waals surface area contributed by atoms with E-state index < -0.39 is 0 Å². The van der Waals surface area contributed by atoms with Gasteiger partial charge in [0.15, 0.2) is 5.82 Å². The van der Waals surface area contributed by atoms with Gasteiger partial charge in [-0.25, -0.2) is 4.99 Å². The highest BCUT2D eigenvalue weighted by Gasteiger charge is 2.20. The third-order valence-electron chi connectivity index (χ3n) is 1.45. The Morgan fingerprint density at radius 1 is 1.64 bits per heavy atom. The third kappa shape index (κ3) is 0.952. The van der Waals surface area contributed by atoms with Gasteiger partial charge in [0.05, 0.1) is 0 Å². The molecule has 2 rings (SSSR count). The van der Waals surface area contributed by atoms with Gasteiger partial charge in [-0.15, -0.1) is 0 Å². The average molecular weight is 171 g/mol. The van der Waals surface area contributed by atoms with Crippen molar-refractivity contribution >= 4 is 18.1 Å². The van der Waals surface area contributed by atoms with Crippen LogP contribution in [-0.4, -0.2) is 16.0 Å². The molecule has 58 valence electrons. The molecular weight excluding hydrogens is 164 g/mol. The number of nitrogens with one attached hydrogen (secondary N) is 1. The van der Waals surface area contributed by atoms with Crippen molar-refractivity contribution < 1.29 is 0 Å². The Balaban J connectivity index is 2.35. The summed E-state index contributed by atoms with van der Waals surface area (Å²) in [4.78, 5) is 4.04. The maximum atomic E-state index is 5.81. The van der Waals surface area contributed by atoms with E-state index >= 15 is 0 Å². The lowest BCUT2D eigenvalue weighted by Crippen LogP contribution is -2.39. The fraction of sp³-hybridized carbons (Fsp3) is 0.167. The second-order valence-electron chi connectivity index (χ2n) is 2.36. The zero-order chi connectivity index (χ0) is 7.84. The Morgan fingerprint density at radius 3 is 3.27 bits per heavy atom. The molecule has 0 atom stereocenters. The smallest absolute Gasteiger partial charge is 0.173 e. The summed E-state index contributed by atoms with van der Waals surface area (Å²) in [6.07, 6.45) is 5.33. The van der Waals surface area contributed by atoms with Crippen LogP contribution in [0.3, 0.4) is 0 Å². The van der Waals surface area contributed by atoms with E-state index in [0.29, 0.717) is 0 Å². The second kappa shape index (κ2) is 2.17. The van der Waals surface area contributed by atoms with Gasteiger partial charge in [0.1, 0.15) is 6.34 Å². The summed E-state index contributed by atoms with van der Waals surface area (Å²) in [5, 5.41) is 1.63. The van der Waals surface area contributed by atoms with Gasteiger partial charge in [-0.05, 0) is 18.6 Å². The minimum atomic E-state index is 0.806. The van der Waals surface area contributed by atoms with Crippen LogP contribution in [-0.2, 0) is 0 Å². The molecule has 0 amide bonds. The SMILES string of the molecule is CC1=CN(Cl)N2NC=NC2=C1. The van der Waals surface area contributed by atoms with Gasteiger partial charge in [-0.1, -0.05) is 0 Å². The predicted octanol–water partition coefficient (Wildman–Crippen LogP) is 0.964. The number of halogens is 1. The van der Waals surface area contributed by atoms with Crippen LogP contribution in [0.4, 0.5) is 0 Å². The van der Waals surface area contributed by atoms with E-state index in [2.05, 4.69) is 10.4 Å². The molecule has 0 fully saturated rings. The van der Waals surface area contributed by atoms with Crippen LogP contribution in [0.15, 0.2) is 28.7 Å². The number of nitrogens with zero attached hydrogens (tertiary/aromatic N) is 3. The van der Waals surface area contributed by atoms with Gasteiger partial charge >= 0.3 is 0 Å². The molecule has 0 radical (unpaired) electrons. The highest BCUT2D eigenvalue weighted by atomic mass is 35.5. The van der Waals surface area contributed by atoms with E-state index in [-0.39, 0.29) is 0 Å². The summed E-state index contributed by atoms with van der Waals surface area (Å²) in [5.74, 6) is 0.806. The van der Waals surface area contributed by atoms with Crippen LogP contribution in [0.5, 0.6) is 0 Å². The summed E-state index contributed by atoms with van der Waals surface area (Å²) in [7, 11) is 0. The van der Waals surface area contributed by atoms with Crippen molar-refractivity contribution in [1.29, 1.82) is 0 Å². The van der Waals surface area contributed by atoms with Crippen LogP contribution in [0.25, 0.3) is 0 Å². The van der Waals surface area contributed by atoms with Crippen LogP contribution < -0.4 is 5.43 Å². The first-order valence-electron chi connectivity index (χ1n) is 3.21. The van der Waals surface area contributed by atoms with Crippen LogP contribution in [0.1, 0.15) is 6.92 Å². The summed E-state index contributed by atoms with van der Waals surface area (Å²) in [6.45, 7) is 1.97. The quantitative estimate of drug-likeness (QED) is 0.550. The molecule has 0 aromatic carbocycles. The molecule has 5 heteroatoms. The zero-order valence-electron chi connectivity index (χ0n) is 5.95. The average Bonchev–Trinajstić information content (AvgIpc) is 2.34. The molecule has 1 N–H and O–H groups in total. The predicted molar refractivity (Wildman–Crippen MR) is 43.0 cm³/mol. The normalized spacial score (nSPS) is 20.9. The van der Waals surface area contributed by atoms with Crippen molar-refractivity contribution in [1.82, 2.24) is 15.1 Å². The Hall–Kier alpha value is -1.16. The topological polar surface area (TPSA) is 30.9 Å². The Morgan fingerprint density at radius 2 is 2.45 bits per heavy atom. The lowest BCUT2D eigenvalue weighted by molar-refractivity contribution is 0.129. The molecule has 2 aliphatic rings. The van der Waals surface area contributed by atoms with Crippen molar-refractivity contribution in [3.05, 3.63) is 23.7 Å². The van der Waals surface area contributed by atoms with Crippen LogP contribution >= 0.6 is 11.8 Å². The van der Waals surface area contributed by atoms with Gasteiger partial charge in [0.2, 0.25) is 0 Å². The number of fused-ring (bicyclic) bond motifs is 1. The Kier molecular flexibility index (Phi) is 1.29. The Labute approximate surface area is 69.5 Å². The van der Waals surface area contributed by atoms with Gasteiger partial charge in [0, 0.05) is 18.0 Å². The van der Waals surface area contributed by atoms with Gasteiger partial charge in [-0.2, -0.15) is 9.65 Å². The second-order valence-corrected chi connectivity index (χ2v) is 2.71. The standard InChI is InChI=1S/C6H7ClN4/c1-5-2-6-8-4-9-11(6)10(7)3-5/h2-4H,1H3,(H,8,9). The monoisotopic (exact) mass is 170 g/mol. The lowest BCUT2D eigenvalue weighted by atomic mass is 10.3. The fourth-order valence-corrected chi connectivity index (χ4v) is 1.26. The largest absolute Gasteiger partial charge is 0.266 e. The highest BCUT2D eigenvalue weighted by Crippen LogP contribution is 2.21. The molecule has 0 saturated carbocycles. The van der Waals surface area contributed by atoms with Crippen molar-refractivity contribution in [2.75, 3.05) is 0 Å². The molecule has 0 aromatic heterocycles. The van der Waals surface area contributed by atoms with E-state index in [1.54, 1.807) is 17.7 Å². The molecular formula is C6H7ClN4. The molecule has 0 aliphatic carbocycles. The van der Waals surface area contributed by atoms with E-state index in [0.717, 1.165) is 11.4 Å². The van der Waals surface area contributed by atoms with Crippen molar-refractivity contribution in [2.45, 2.75) is 6.92 Å². The summed E-state index contributed by atoms with van der Waals surface area (Å²) in [5.41, 5.74) is 3.93. The molecule has 4 nitrogen and oxygen atoms in total. The van der Waals surface area contributed by atoms with Crippen molar-refractivity contribution in [3.63, 3.8) is 0 Å². The number of rotatable bonds is 0. The van der Waals surface area contributed by atoms with Gasteiger partial charge in [0.25, 0.3) is 0 Å². The first kappa shape index (κ1) is 6.54. The highest BCUT2D eigenvalue weighted by molar-refractivity contribution is 6.13. The van der Waals surface area contributed by atoms with Gasteiger partial charge < -0.3 is 0 Å². The third-order valence-corrected chi connectivity index (χ3v) is 1.70. The van der Waals surface area contributed by atoms with Crippen molar-refractivity contribution in [3.8, 4) is 0 Å². The molecule has 0 unspecified atom stereocenters. The van der Waals surface area contributed by atoms with E-state index in [9.17, 15) is 0 Å². The zero-order valence-corrected chi connectivity index (χ0v) is 6.71. The van der Waals surface area contributed by atoms with Crippen LogP contribution in [0.2, 0.25) is 0 Å². The molecule has 0 spiro atoms. The minimum absolute atomic E-state index is 0.806. The van der Waals surface area contributed by atoms with E-state index in [1.165, 1.54) is 4.53 Å². The lowest BCUT2D eigenvalue weighted by Gasteiger charge is -2.27. The summed E-state index contributed by atoms with van der Waals surface area (Å²) < 4.78 is 1.43. The van der Waals surface area contributed by atoms with Crippen molar-refractivity contribution in [2.24, 2.45) is 4.99 Å². The number of hydrogen-bond acceptors (Lipinski definition) is 4. The van der Waals surface area contributed by atoms with Gasteiger partial charge in [-0.3, -0.25) is 5.43 Å². The molecule has 0 saturated heterocycles. The molecule has 0 bridgehead atoms. The molecule has 2 heterocycles. The minimum Gasteiger partial charge on any atom is -0.266 e. The van der Waals surface area contributed by atoms with Crippen LogP contribution in [0, 0.1) is 0 Å². The maximum Gasteiger partial charge on any atom is 0.173 e. The molecule has 11 heavy (non-hydrogen) atoms. The first-order chi connectivity index (χ1) is 5.27. The fourth-order valence-electron chi connectivity index (χ4n) is 0.989. The number of allylic oxidation sites excluding steroid dienone is 2. The summed E-state index contributed by atoms with van der Waals surface area (Å²) in [6, 6.07) is 0. The first-order valence-corrected chi connectivity index (χ1v) is 3.55. The number of hydrogen-bond donors (Lipinski definition) is 1. The number of aliphatic imine (C=N–C) groups is 1. The summed E-state index contributed by atoms with van der Waals surface area (Å²) >= 11 is 5.81. The molecule has 2 aliphatic heterocycles. The van der Waals surface area contributed by atoms with E-state index in [4.69, 9.17) is 11.8 Å². The number of hydrazine groups is 2. The Bertz CT molecular complexity index is 268. The molecule has 0 aromatic rings.